The smallest absolute Gasteiger partial charge is 0.244 e. The monoisotopic (exact) mass is 396 g/mol. The predicted molar refractivity (Wildman–Crippen MR) is 112 cm³/mol. The first-order chi connectivity index (χ1) is 13.6. The number of hydrazone groups is 1. The molecule has 0 spiro atoms. The normalized spacial score (nSPS) is 25.9. The van der Waals surface area contributed by atoms with Crippen LogP contribution in [-0.2, 0) is 11.4 Å². The topological polar surface area (TPSA) is 50.7 Å². The van der Waals surface area contributed by atoms with Gasteiger partial charge in [-0.2, -0.15) is 5.10 Å². The number of carbonyl (C=O) groups excluding carboxylic acids is 1. The molecule has 0 radical (unpaired) electrons. The Hall–Kier alpha value is -2.33. The van der Waals surface area contributed by atoms with Crippen molar-refractivity contribution in [2.24, 2.45) is 22.4 Å². The molecule has 2 aromatic carbocycles. The highest BCUT2D eigenvalue weighted by Gasteiger charge is 2.64. The summed E-state index contributed by atoms with van der Waals surface area (Å²) < 4.78 is 5.78. The third-order valence-electron chi connectivity index (χ3n) is 6.23. The molecule has 5 heteroatoms. The number of nitrogens with one attached hydrogen (secondary N) is 1. The van der Waals surface area contributed by atoms with E-state index in [1.165, 1.54) is 19.3 Å². The van der Waals surface area contributed by atoms with Crippen LogP contribution >= 0.6 is 11.6 Å². The third kappa shape index (κ3) is 3.93. The molecule has 3 atom stereocenters. The largest absolute Gasteiger partial charge is 0.489 e. The lowest BCUT2D eigenvalue weighted by molar-refractivity contribution is -0.123. The molecule has 0 unspecified atom stereocenters. The number of ether oxygens (including phenoxy) is 1. The minimum absolute atomic E-state index is 0.0605. The first kappa shape index (κ1) is 19.0. The highest BCUT2D eigenvalue weighted by atomic mass is 35.5. The van der Waals surface area contributed by atoms with E-state index < -0.39 is 0 Å². The second-order valence-electron chi connectivity index (χ2n) is 8.02. The van der Waals surface area contributed by atoms with Crippen molar-refractivity contribution in [2.45, 2.75) is 39.2 Å². The zero-order valence-corrected chi connectivity index (χ0v) is 16.8. The quantitative estimate of drug-likeness (QED) is 0.539. The molecule has 2 aliphatic carbocycles. The zero-order chi connectivity index (χ0) is 19.6. The van der Waals surface area contributed by atoms with Gasteiger partial charge in [-0.3, -0.25) is 4.79 Å². The van der Waals surface area contributed by atoms with Crippen LogP contribution in [-0.4, -0.2) is 12.1 Å². The molecular weight excluding hydrogens is 372 g/mol. The van der Waals surface area contributed by atoms with Gasteiger partial charge in [0.1, 0.15) is 12.4 Å². The van der Waals surface area contributed by atoms with E-state index in [9.17, 15) is 4.79 Å². The fourth-order valence-electron chi connectivity index (χ4n) is 4.52. The summed E-state index contributed by atoms with van der Waals surface area (Å²) in [6, 6.07) is 15.2. The van der Waals surface area contributed by atoms with Crippen LogP contribution < -0.4 is 10.2 Å². The van der Waals surface area contributed by atoms with E-state index in [0.29, 0.717) is 17.5 Å². The summed E-state index contributed by atoms with van der Waals surface area (Å²) in [6.07, 6.45) is 6.50. The van der Waals surface area contributed by atoms with E-state index >= 15 is 0 Å². The lowest BCUT2D eigenvalue weighted by atomic mass is 9.90. The second-order valence-corrected chi connectivity index (χ2v) is 8.43. The zero-order valence-electron chi connectivity index (χ0n) is 16.0. The van der Waals surface area contributed by atoms with Crippen LogP contribution in [0.4, 0.5) is 0 Å². The maximum absolute atomic E-state index is 12.4. The fraction of sp³-hybridized carbons (Fsp3) is 0.391. The van der Waals surface area contributed by atoms with Gasteiger partial charge in [0.05, 0.1) is 6.21 Å². The van der Waals surface area contributed by atoms with Gasteiger partial charge in [-0.25, -0.2) is 5.43 Å². The van der Waals surface area contributed by atoms with E-state index in [4.69, 9.17) is 16.3 Å². The first-order valence-electron chi connectivity index (χ1n) is 9.87. The number of hydrogen-bond donors (Lipinski definition) is 1. The number of amides is 1. The first-order valence-corrected chi connectivity index (χ1v) is 10.2. The summed E-state index contributed by atoms with van der Waals surface area (Å²) in [4.78, 5) is 12.4. The summed E-state index contributed by atoms with van der Waals surface area (Å²) in [7, 11) is 0. The predicted octanol–water partition coefficient (Wildman–Crippen LogP) is 5.20. The van der Waals surface area contributed by atoms with Crippen LogP contribution in [0.2, 0.25) is 5.02 Å². The fourth-order valence-corrected chi connectivity index (χ4v) is 4.71. The minimum atomic E-state index is 0.0605. The molecular formula is C23H25ClN2O2. The van der Waals surface area contributed by atoms with Crippen LogP contribution in [0.3, 0.4) is 0 Å². The van der Waals surface area contributed by atoms with Crippen molar-refractivity contribution in [3.8, 4) is 5.75 Å². The molecule has 0 heterocycles. The SMILES string of the molecule is C[C@]12CCCC[C@@H]1[C@H]2C(=O)N/N=C\c1ccc(OCc2ccccc2Cl)cc1. The number of benzene rings is 2. The molecule has 2 aliphatic rings. The molecule has 146 valence electrons. The van der Waals surface area contributed by atoms with Gasteiger partial charge in [-0.05, 0) is 60.1 Å². The van der Waals surface area contributed by atoms with E-state index in [1.807, 2.05) is 48.5 Å². The van der Waals surface area contributed by atoms with E-state index in [2.05, 4.69) is 17.5 Å². The van der Waals surface area contributed by atoms with Gasteiger partial charge in [0.2, 0.25) is 5.91 Å². The Bertz CT molecular complexity index is 880. The number of halogens is 1. The Morgan fingerprint density at radius 1 is 1.25 bits per heavy atom. The lowest BCUT2D eigenvalue weighted by Crippen LogP contribution is -2.22. The standard InChI is InChI=1S/C23H25ClN2O2/c1-23-13-5-4-7-19(23)21(23)22(27)26-25-14-16-9-11-18(12-10-16)28-15-17-6-2-3-8-20(17)24/h2-3,6,8-12,14,19,21H,4-5,7,13,15H2,1H3,(H,26,27)/b25-14-/t19-,21+,23+/m1/s1. The number of fused-ring (bicyclic) bond motifs is 1. The van der Waals surface area contributed by atoms with Crippen LogP contribution in [0.25, 0.3) is 0 Å². The van der Waals surface area contributed by atoms with Gasteiger partial charge in [-0.15, -0.1) is 0 Å². The van der Waals surface area contributed by atoms with Crippen molar-refractivity contribution in [1.29, 1.82) is 0 Å². The van der Waals surface area contributed by atoms with Crippen molar-refractivity contribution in [3.63, 3.8) is 0 Å². The summed E-state index contributed by atoms with van der Waals surface area (Å²) >= 11 is 6.14. The highest BCUT2D eigenvalue weighted by Crippen LogP contribution is 2.66. The van der Waals surface area contributed by atoms with Gasteiger partial charge in [0.15, 0.2) is 0 Å². The number of carbonyl (C=O) groups is 1. The maximum Gasteiger partial charge on any atom is 0.244 e. The van der Waals surface area contributed by atoms with Crippen molar-refractivity contribution in [1.82, 2.24) is 5.43 Å². The molecule has 28 heavy (non-hydrogen) atoms. The lowest BCUT2D eigenvalue weighted by Gasteiger charge is -2.15. The maximum atomic E-state index is 12.4. The Kier molecular flexibility index (Phi) is 5.40. The Balaban J connectivity index is 1.27. The minimum Gasteiger partial charge on any atom is -0.489 e. The molecule has 0 saturated heterocycles. The highest BCUT2D eigenvalue weighted by molar-refractivity contribution is 6.31. The molecule has 0 bridgehead atoms. The average molecular weight is 397 g/mol. The Morgan fingerprint density at radius 3 is 2.75 bits per heavy atom. The molecule has 0 aromatic heterocycles. The molecule has 2 aromatic rings. The van der Waals surface area contributed by atoms with E-state index in [1.54, 1.807) is 6.21 Å². The van der Waals surface area contributed by atoms with Crippen LogP contribution in [0.15, 0.2) is 53.6 Å². The summed E-state index contributed by atoms with van der Waals surface area (Å²) in [5.41, 5.74) is 4.79. The van der Waals surface area contributed by atoms with Crippen molar-refractivity contribution < 1.29 is 9.53 Å². The molecule has 1 N–H and O–H groups in total. The Morgan fingerprint density at radius 2 is 2.04 bits per heavy atom. The molecule has 1 amide bonds. The van der Waals surface area contributed by atoms with E-state index in [-0.39, 0.29) is 17.2 Å². The number of rotatable bonds is 6. The van der Waals surface area contributed by atoms with Crippen LogP contribution in [0, 0.1) is 17.3 Å². The number of hydrogen-bond acceptors (Lipinski definition) is 3. The van der Waals surface area contributed by atoms with Crippen LogP contribution in [0.5, 0.6) is 5.75 Å². The molecule has 0 aliphatic heterocycles. The van der Waals surface area contributed by atoms with Crippen molar-refractivity contribution >= 4 is 23.7 Å². The summed E-state index contributed by atoms with van der Waals surface area (Å²) in [5, 5.41) is 4.84. The average Bonchev–Trinajstić information content (AvgIpc) is 3.34. The summed E-state index contributed by atoms with van der Waals surface area (Å²) in [6.45, 7) is 2.66. The second kappa shape index (κ2) is 7.96. The third-order valence-corrected chi connectivity index (χ3v) is 6.60. The van der Waals surface area contributed by atoms with Gasteiger partial charge in [0, 0.05) is 16.5 Å². The van der Waals surface area contributed by atoms with Crippen LogP contribution in [0.1, 0.15) is 43.7 Å². The van der Waals surface area contributed by atoms with Crippen molar-refractivity contribution in [2.75, 3.05) is 0 Å². The molecule has 2 saturated carbocycles. The van der Waals surface area contributed by atoms with Gasteiger partial charge in [-0.1, -0.05) is 49.6 Å². The van der Waals surface area contributed by atoms with Crippen molar-refractivity contribution in [3.05, 3.63) is 64.7 Å². The summed E-state index contributed by atoms with van der Waals surface area (Å²) in [5.74, 6) is 1.50. The van der Waals surface area contributed by atoms with E-state index in [0.717, 1.165) is 23.3 Å². The molecule has 2 fully saturated rings. The molecule has 4 nitrogen and oxygen atoms in total. The van der Waals surface area contributed by atoms with Gasteiger partial charge >= 0.3 is 0 Å². The van der Waals surface area contributed by atoms with Gasteiger partial charge in [0.25, 0.3) is 0 Å². The Labute approximate surface area is 170 Å². The molecule has 4 rings (SSSR count). The van der Waals surface area contributed by atoms with Gasteiger partial charge < -0.3 is 4.74 Å². The number of nitrogens with zero attached hydrogens (tertiary/aromatic N) is 1.